The number of benzene rings is 3. The van der Waals surface area contributed by atoms with Crippen molar-refractivity contribution in [1.29, 1.82) is 0 Å². The lowest BCUT2D eigenvalue weighted by Crippen LogP contribution is -2.57. The molecule has 4 heterocycles. The first-order valence-corrected chi connectivity index (χ1v) is 28.3. The number of amides is 8. The van der Waals surface area contributed by atoms with E-state index < -0.39 is 83.8 Å². The Hall–Kier alpha value is -8.50. The van der Waals surface area contributed by atoms with Crippen molar-refractivity contribution >= 4 is 58.6 Å². The molecule has 0 bridgehead atoms. The minimum Gasteiger partial charge on any atom is -0.347 e. The number of rotatable bonds is 20. The molecule has 82 heavy (non-hydrogen) atoms. The van der Waals surface area contributed by atoms with Gasteiger partial charge in [-0.3, -0.25) is 38.4 Å². The van der Waals surface area contributed by atoms with E-state index in [-0.39, 0.29) is 60.7 Å². The van der Waals surface area contributed by atoms with Crippen molar-refractivity contribution in [3.8, 4) is 22.8 Å². The Kier molecular flexibility index (Phi) is 19.0. The topological polar surface area (TPSA) is 291 Å². The molecule has 2 aliphatic heterocycles. The van der Waals surface area contributed by atoms with Crippen LogP contribution in [0.4, 0.5) is 11.4 Å². The summed E-state index contributed by atoms with van der Waals surface area (Å²) >= 11 is 0. The number of nitrogens with one attached hydrogen (secondary N) is 8. The summed E-state index contributed by atoms with van der Waals surface area (Å²) in [6.07, 6.45) is 13.0. The zero-order valence-electron chi connectivity index (χ0n) is 46.6. The lowest BCUT2D eigenvalue weighted by Gasteiger charge is -2.32. The third-order valence-corrected chi connectivity index (χ3v) is 16.4. The number of carbonyl (C=O) groups excluding carboxylic acids is 8. The third-order valence-electron chi connectivity index (χ3n) is 16.4. The molecule has 9 rings (SSSR count). The normalized spacial score (nSPS) is 20.5. The van der Waals surface area contributed by atoms with Crippen molar-refractivity contribution in [2.24, 2.45) is 11.8 Å². The molecule has 0 unspecified atom stereocenters. The first kappa shape index (κ1) is 58.2. The highest BCUT2D eigenvalue weighted by Crippen LogP contribution is 2.34. The average molecular weight is 1120 g/mol. The largest absolute Gasteiger partial charge is 0.347 e. The molecule has 8 atom stereocenters. The maximum atomic E-state index is 14.8. The molecular weight excluding hydrogens is 1040 g/mol. The quantitative estimate of drug-likeness (QED) is 0.0550. The van der Waals surface area contributed by atoms with Gasteiger partial charge in [-0.1, -0.05) is 49.9 Å². The monoisotopic (exact) mass is 1120 g/mol. The number of hydrogen-bond acceptors (Lipinski definition) is 14. The van der Waals surface area contributed by atoms with Crippen LogP contribution in [0.2, 0.25) is 0 Å². The van der Waals surface area contributed by atoms with Gasteiger partial charge < -0.3 is 52.3 Å². The maximum Gasteiger partial charge on any atom is 0.251 e. The highest BCUT2D eigenvalue weighted by molar-refractivity contribution is 6.03. The summed E-state index contributed by atoms with van der Waals surface area (Å²) in [5.41, 5.74) is 2.42. The highest BCUT2D eigenvalue weighted by atomic mass is 16.2. The summed E-state index contributed by atoms with van der Waals surface area (Å²) in [5, 5.41) is 23.9. The van der Waals surface area contributed by atoms with Crippen LogP contribution in [0.15, 0.2) is 110 Å². The molecule has 8 N–H and O–H groups in total. The van der Waals surface area contributed by atoms with Gasteiger partial charge in [0.1, 0.15) is 24.2 Å². The molecular formula is C60H72N14O8. The van der Waals surface area contributed by atoms with Crippen LogP contribution < -0.4 is 42.5 Å². The van der Waals surface area contributed by atoms with Gasteiger partial charge in [-0.15, -0.1) is 0 Å². The average Bonchev–Trinajstić information content (AvgIpc) is 4.48. The number of likely N-dealkylation sites (tertiary alicyclic amines) is 2. The van der Waals surface area contributed by atoms with Gasteiger partial charge in [0.05, 0.1) is 23.5 Å². The lowest BCUT2D eigenvalue weighted by atomic mass is 9.96. The van der Waals surface area contributed by atoms with Crippen molar-refractivity contribution in [2.75, 3.05) is 37.8 Å². The number of hydrogen-bond donors (Lipinski definition) is 8. The van der Waals surface area contributed by atoms with E-state index in [9.17, 15) is 38.4 Å². The van der Waals surface area contributed by atoms with Crippen molar-refractivity contribution in [3.05, 3.63) is 121 Å². The highest BCUT2D eigenvalue weighted by Gasteiger charge is 2.47. The van der Waals surface area contributed by atoms with Crippen molar-refractivity contribution in [1.82, 2.24) is 61.6 Å². The van der Waals surface area contributed by atoms with Gasteiger partial charge in [-0.25, -0.2) is 19.9 Å². The first-order chi connectivity index (χ1) is 39.7. The number of anilines is 2. The van der Waals surface area contributed by atoms with Crippen LogP contribution in [0.5, 0.6) is 0 Å². The van der Waals surface area contributed by atoms with Crippen molar-refractivity contribution in [3.63, 3.8) is 0 Å². The molecule has 2 aliphatic carbocycles. The number of carbonyl (C=O) groups is 8. The molecule has 0 spiro atoms. The SMILES string of the molecule is CN[C@@H](C)C(=O)N[C@H](C(=O)N1C[C@@H](NC(=O)c2ccc(C(=O)N[C@H]3C[C@@H](C(=O)Nc4ccccc4-c4ncccn4)N(C(=O)[C@@H](NC(=O)[C@H](C)NC)C4CCCC4)C3)cc2)C[C@H]1C(=O)Nc1ccccc1-c1ncccn1)C1CCCC1. The standard InChI is InChI=1S/C60H72N14O8/c1-35(61-3)53(75)71-49(37-15-5-6-16-37)59(81)73-33-41(31-47(73)57(79)69-45-21-11-9-19-43(45)51-63-27-13-28-64-51)67-55(77)39-23-25-40(26-24-39)56(78)68-42-32-48(58(80)70-46-22-12-10-20-44(46)52-65-29-14-30-66-52)74(34-42)60(82)50(38-17-7-8-18-38)72-54(76)36(2)62-4/h9-14,19-30,35-38,41-42,47-50,61-62H,5-8,15-18,31-34H2,1-4H3,(H,67,77)(H,68,78)(H,69,79)(H,70,80)(H,71,75)(H,72,76)/t35-,36-,41-,42-,47-,48-,49-,50-/m0/s1. The van der Waals surface area contributed by atoms with E-state index in [0.717, 1.165) is 51.4 Å². The van der Waals surface area contributed by atoms with E-state index in [4.69, 9.17) is 0 Å². The molecule has 2 saturated carbocycles. The van der Waals surface area contributed by atoms with Crippen LogP contribution in [0.1, 0.15) is 98.8 Å². The van der Waals surface area contributed by atoms with Gasteiger partial charge in [0.25, 0.3) is 11.8 Å². The Morgan fingerprint density at radius 3 is 1.20 bits per heavy atom. The van der Waals surface area contributed by atoms with Gasteiger partial charge in [-0.2, -0.15) is 0 Å². The van der Waals surface area contributed by atoms with Gasteiger partial charge >= 0.3 is 0 Å². The van der Waals surface area contributed by atoms with E-state index in [1.165, 1.54) is 34.1 Å². The second-order valence-electron chi connectivity index (χ2n) is 21.7. The molecule has 4 fully saturated rings. The Morgan fingerprint density at radius 1 is 0.488 bits per heavy atom. The second kappa shape index (κ2) is 26.8. The van der Waals surface area contributed by atoms with Crippen LogP contribution in [0, 0.1) is 11.8 Å². The molecule has 2 saturated heterocycles. The Balaban J connectivity index is 0.910. The molecule has 2 aromatic heterocycles. The summed E-state index contributed by atoms with van der Waals surface area (Å²) in [7, 11) is 3.32. The fourth-order valence-electron chi connectivity index (χ4n) is 11.6. The Labute approximate surface area is 476 Å². The van der Waals surface area contributed by atoms with Crippen LogP contribution in [0.25, 0.3) is 22.8 Å². The van der Waals surface area contributed by atoms with Gasteiger partial charge in [0, 0.05) is 72.2 Å². The predicted molar refractivity (Wildman–Crippen MR) is 306 cm³/mol. The third kappa shape index (κ3) is 13.6. The Bertz CT molecular complexity index is 2900. The Morgan fingerprint density at radius 2 is 0.841 bits per heavy atom. The number of para-hydroxylation sites is 2. The van der Waals surface area contributed by atoms with Gasteiger partial charge in [0.15, 0.2) is 11.6 Å². The molecule has 5 aromatic rings. The fraction of sp³-hybridized carbons (Fsp3) is 0.433. The van der Waals surface area contributed by atoms with Gasteiger partial charge in [0.2, 0.25) is 35.4 Å². The minimum absolute atomic E-state index is 0.0238. The minimum atomic E-state index is -1.04. The second-order valence-corrected chi connectivity index (χ2v) is 21.7. The summed E-state index contributed by atoms with van der Waals surface area (Å²) in [5.74, 6) is -3.03. The van der Waals surface area contributed by atoms with Gasteiger partial charge in [-0.05, 0) is 139 Å². The fourth-order valence-corrected chi connectivity index (χ4v) is 11.6. The summed E-state index contributed by atoms with van der Waals surface area (Å²) in [4.78, 5) is 134. The molecule has 0 radical (unpaired) electrons. The van der Waals surface area contributed by atoms with E-state index in [0.29, 0.717) is 34.2 Å². The summed E-state index contributed by atoms with van der Waals surface area (Å²) < 4.78 is 0. The summed E-state index contributed by atoms with van der Waals surface area (Å²) in [6.45, 7) is 3.36. The van der Waals surface area contributed by atoms with Crippen molar-refractivity contribution < 1.29 is 38.4 Å². The van der Waals surface area contributed by atoms with Crippen LogP contribution >= 0.6 is 0 Å². The van der Waals surface area contributed by atoms with E-state index in [2.05, 4.69) is 62.5 Å². The molecule has 4 aliphatic rings. The first-order valence-electron chi connectivity index (χ1n) is 28.3. The zero-order chi connectivity index (χ0) is 57.9. The smallest absolute Gasteiger partial charge is 0.251 e. The van der Waals surface area contributed by atoms with E-state index >= 15 is 0 Å². The predicted octanol–water partition coefficient (Wildman–Crippen LogP) is 3.84. The number of aromatic nitrogens is 4. The zero-order valence-corrected chi connectivity index (χ0v) is 46.6. The van der Waals surface area contributed by atoms with Crippen LogP contribution in [-0.4, -0.2) is 153 Å². The van der Waals surface area contributed by atoms with Crippen LogP contribution in [0.3, 0.4) is 0 Å². The summed E-state index contributed by atoms with van der Waals surface area (Å²) in [6, 6.07) is 17.1. The molecule has 430 valence electrons. The molecule has 8 amide bonds. The molecule has 22 nitrogen and oxygen atoms in total. The van der Waals surface area contributed by atoms with E-state index in [1.807, 2.05) is 0 Å². The van der Waals surface area contributed by atoms with Crippen molar-refractivity contribution in [2.45, 2.75) is 126 Å². The number of nitrogens with zero attached hydrogens (tertiary/aromatic N) is 6. The lowest BCUT2D eigenvalue weighted by molar-refractivity contribution is -0.141. The molecule has 3 aromatic carbocycles. The van der Waals surface area contributed by atoms with Crippen LogP contribution in [-0.2, 0) is 28.8 Å². The maximum absolute atomic E-state index is 14.8. The van der Waals surface area contributed by atoms with E-state index in [1.54, 1.807) is 113 Å². The number of likely N-dealkylation sites (N-methyl/N-ethyl adjacent to an activating group) is 2. The molecule has 22 heteroatoms.